The number of pyridine rings is 1. The van der Waals surface area contributed by atoms with E-state index in [0.717, 1.165) is 13.0 Å². The van der Waals surface area contributed by atoms with Crippen molar-refractivity contribution in [2.24, 2.45) is 0 Å². The summed E-state index contributed by atoms with van der Waals surface area (Å²) in [5.41, 5.74) is 0.568. The molecule has 0 aromatic carbocycles. The summed E-state index contributed by atoms with van der Waals surface area (Å²) in [5.74, 6) is 6.09. The van der Waals surface area contributed by atoms with Gasteiger partial charge in [0, 0.05) is 25.4 Å². The molecule has 1 saturated heterocycles. The second-order valence-corrected chi connectivity index (χ2v) is 6.25. The number of carbonyl (C=O) groups is 1. The van der Waals surface area contributed by atoms with Crippen LogP contribution in [0.1, 0.15) is 58.1 Å². The third-order valence-electron chi connectivity index (χ3n) is 4.36. The van der Waals surface area contributed by atoms with Crippen molar-refractivity contribution in [2.45, 2.75) is 58.1 Å². The molecule has 2 rings (SSSR count). The fraction of sp³-hybridized carbons (Fsp3) is 0.579. The summed E-state index contributed by atoms with van der Waals surface area (Å²) >= 11 is 0. The first-order chi connectivity index (χ1) is 11.0. The number of ether oxygens (including phenoxy) is 1. The quantitative estimate of drug-likeness (QED) is 0.631. The third kappa shape index (κ3) is 5.07. The highest BCUT2D eigenvalue weighted by atomic mass is 16.6. The predicted octanol–water partition coefficient (Wildman–Crippen LogP) is 3.34. The number of hydrogen-bond acceptors (Lipinski definition) is 4. The summed E-state index contributed by atoms with van der Waals surface area (Å²) in [7, 11) is 0. The molecular formula is C19H26N2O2. The van der Waals surface area contributed by atoms with Crippen molar-refractivity contribution in [3.05, 3.63) is 30.1 Å². The lowest BCUT2D eigenvalue weighted by atomic mass is 9.96. The van der Waals surface area contributed by atoms with Gasteiger partial charge in [-0.05, 0) is 44.4 Å². The summed E-state index contributed by atoms with van der Waals surface area (Å²) in [6.07, 6.45) is 8.03. The van der Waals surface area contributed by atoms with Gasteiger partial charge in [-0.15, -0.1) is 0 Å². The minimum atomic E-state index is -0.689. The lowest BCUT2D eigenvalue weighted by Crippen LogP contribution is -2.34. The number of rotatable bonds is 4. The summed E-state index contributed by atoms with van der Waals surface area (Å²) < 4.78 is 5.35. The van der Waals surface area contributed by atoms with Gasteiger partial charge in [0.15, 0.2) is 5.60 Å². The molecule has 2 heterocycles. The monoisotopic (exact) mass is 314 g/mol. The Balaban J connectivity index is 2.06. The number of esters is 1. The molecule has 0 unspecified atom stereocenters. The van der Waals surface area contributed by atoms with Gasteiger partial charge < -0.3 is 4.74 Å². The Morgan fingerprint density at radius 2 is 2.35 bits per heavy atom. The highest BCUT2D eigenvalue weighted by Crippen LogP contribution is 2.29. The third-order valence-corrected chi connectivity index (χ3v) is 4.36. The van der Waals surface area contributed by atoms with Crippen molar-refractivity contribution in [3.63, 3.8) is 0 Å². The minimum Gasteiger partial charge on any atom is -0.446 e. The normalized spacial score (nSPS) is 20.9. The van der Waals surface area contributed by atoms with Crippen LogP contribution in [0.2, 0.25) is 0 Å². The molecule has 0 aliphatic carbocycles. The van der Waals surface area contributed by atoms with E-state index in [4.69, 9.17) is 4.74 Å². The van der Waals surface area contributed by atoms with Crippen LogP contribution in [0.25, 0.3) is 0 Å². The number of carbonyl (C=O) groups excluding carboxylic acids is 1. The van der Waals surface area contributed by atoms with E-state index in [-0.39, 0.29) is 5.97 Å². The standard InChI is InChI=1S/C19H26N2O2/c1-4-19(3,23-16(2)22)11-8-14-21-13-6-5-10-18(21)17-9-7-12-20-15-17/h7,9,12,15,18H,4-6,10,13-14H2,1-3H3/t18-,19+/m1/s1. The van der Waals surface area contributed by atoms with Crippen molar-refractivity contribution in [1.82, 2.24) is 9.88 Å². The van der Waals surface area contributed by atoms with Crippen molar-refractivity contribution in [2.75, 3.05) is 13.1 Å². The van der Waals surface area contributed by atoms with Crippen molar-refractivity contribution in [1.29, 1.82) is 0 Å². The lowest BCUT2D eigenvalue weighted by Gasteiger charge is -2.34. The van der Waals surface area contributed by atoms with Crippen molar-refractivity contribution >= 4 is 5.97 Å². The summed E-state index contributed by atoms with van der Waals surface area (Å²) in [6.45, 7) is 7.02. The van der Waals surface area contributed by atoms with Crippen molar-refractivity contribution < 1.29 is 9.53 Å². The van der Waals surface area contributed by atoms with E-state index in [1.54, 1.807) is 0 Å². The fourth-order valence-electron chi connectivity index (χ4n) is 2.96. The lowest BCUT2D eigenvalue weighted by molar-refractivity contribution is -0.150. The van der Waals surface area contributed by atoms with Gasteiger partial charge in [-0.3, -0.25) is 14.7 Å². The maximum Gasteiger partial charge on any atom is 0.304 e. The molecular weight excluding hydrogens is 288 g/mol. The maximum absolute atomic E-state index is 11.2. The van der Waals surface area contributed by atoms with Crippen LogP contribution in [0.5, 0.6) is 0 Å². The molecule has 0 spiro atoms. The Hall–Kier alpha value is -1.86. The van der Waals surface area contributed by atoms with Crippen molar-refractivity contribution in [3.8, 4) is 11.8 Å². The first-order valence-corrected chi connectivity index (χ1v) is 8.37. The highest BCUT2D eigenvalue weighted by molar-refractivity contribution is 5.67. The molecule has 0 amide bonds. The molecule has 23 heavy (non-hydrogen) atoms. The second-order valence-electron chi connectivity index (χ2n) is 6.25. The van der Waals surface area contributed by atoms with Crippen LogP contribution in [-0.4, -0.2) is 34.5 Å². The number of likely N-dealkylation sites (tertiary alicyclic amines) is 1. The molecule has 0 radical (unpaired) electrons. The van der Waals surface area contributed by atoms with Gasteiger partial charge >= 0.3 is 5.97 Å². The Bertz CT molecular complexity index is 576. The zero-order chi connectivity index (χ0) is 16.7. The zero-order valence-corrected chi connectivity index (χ0v) is 14.3. The van der Waals surface area contributed by atoms with Crippen LogP contribution in [-0.2, 0) is 9.53 Å². The van der Waals surface area contributed by atoms with Gasteiger partial charge in [0.1, 0.15) is 0 Å². The van der Waals surface area contributed by atoms with Gasteiger partial charge in [0.05, 0.1) is 6.54 Å². The van der Waals surface area contributed by atoms with Gasteiger partial charge in [0.2, 0.25) is 0 Å². The van der Waals surface area contributed by atoms with Crippen LogP contribution in [0.4, 0.5) is 0 Å². The first kappa shape index (κ1) is 17.5. The van der Waals surface area contributed by atoms with Gasteiger partial charge in [-0.2, -0.15) is 0 Å². The molecule has 124 valence electrons. The largest absolute Gasteiger partial charge is 0.446 e. The second kappa shape index (κ2) is 8.12. The molecule has 1 fully saturated rings. The van der Waals surface area contributed by atoms with Crippen LogP contribution < -0.4 is 0 Å². The summed E-state index contributed by atoms with van der Waals surface area (Å²) in [4.78, 5) is 17.9. The first-order valence-electron chi connectivity index (χ1n) is 8.37. The molecule has 1 aliphatic rings. The molecule has 1 aliphatic heterocycles. The average molecular weight is 314 g/mol. The number of hydrogen-bond donors (Lipinski definition) is 0. The number of aromatic nitrogens is 1. The molecule has 4 heteroatoms. The highest BCUT2D eigenvalue weighted by Gasteiger charge is 2.25. The topological polar surface area (TPSA) is 42.4 Å². The minimum absolute atomic E-state index is 0.283. The summed E-state index contributed by atoms with van der Waals surface area (Å²) in [6, 6.07) is 4.51. The summed E-state index contributed by atoms with van der Waals surface area (Å²) in [5, 5.41) is 0. The van der Waals surface area contributed by atoms with Gasteiger partial charge in [0.25, 0.3) is 0 Å². The van der Waals surface area contributed by atoms with E-state index in [1.165, 1.54) is 25.3 Å². The van der Waals surface area contributed by atoms with Crippen LogP contribution in [0.3, 0.4) is 0 Å². The van der Waals surface area contributed by atoms with E-state index in [9.17, 15) is 4.79 Å². The predicted molar refractivity (Wildman–Crippen MR) is 90.6 cm³/mol. The van der Waals surface area contributed by atoms with E-state index in [0.29, 0.717) is 19.0 Å². The van der Waals surface area contributed by atoms with E-state index < -0.39 is 5.60 Å². The number of piperidine rings is 1. The van der Waals surface area contributed by atoms with E-state index in [1.807, 2.05) is 32.3 Å². The molecule has 0 saturated carbocycles. The van der Waals surface area contributed by atoms with Crippen LogP contribution >= 0.6 is 0 Å². The van der Waals surface area contributed by atoms with Crippen LogP contribution in [0, 0.1) is 11.8 Å². The molecule has 1 aromatic heterocycles. The van der Waals surface area contributed by atoms with E-state index >= 15 is 0 Å². The molecule has 4 nitrogen and oxygen atoms in total. The average Bonchev–Trinajstić information content (AvgIpc) is 2.55. The van der Waals surface area contributed by atoms with Crippen LogP contribution in [0.15, 0.2) is 24.5 Å². The molecule has 0 bridgehead atoms. The molecule has 0 N–H and O–H groups in total. The zero-order valence-electron chi connectivity index (χ0n) is 14.3. The van der Waals surface area contributed by atoms with Gasteiger partial charge in [-0.25, -0.2) is 0 Å². The Morgan fingerprint density at radius 1 is 1.52 bits per heavy atom. The van der Waals surface area contributed by atoms with Gasteiger partial charge in [-0.1, -0.05) is 31.3 Å². The fourth-order valence-corrected chi connectivity index (χ4v) is 2.96. The molecule has 2 atom stereocenters. The number of nitrogens with zero attached hydrogens (tertiary/aromatic N) is 2. The SMILES string of the molecule is CC[C@@](C)(C#CCN1CCCC[C@@H]1c1cccnc1)OC(C)=O. The smallest absolute Gasteiger partial charge is 0.304 e. The Kier molecular flexibility index (Phi) is 6.18. The molecule has 1 aromatic rings. The van der Waals surface area contributed by atoms with E-state index in [2.05, 4.69) is 27.8 Å². The Labute approximate surface area is 139 Å². The Morgan fingerprint density at radius 3 is 3.00 bits per heavy atom. The maximum atomic E-state index is 11.2.